The first kappa shape index (κ1) is 16.3. The van der Waals surface area contributed by atoms with Gasteiger partial charge in [-0.25, -0.2) is 0 Å². The maximum absolute atomic E-state index is 11.8. The quantitative estimate of drug-likeness (QED) is 0.363. The molecule has 0 fully saturated rings. The lowest BCUT2D eigenvalue weighted by Crippen LogP contribution is -3.00. The summed E-state index contributed by atoms with van der Waals surface area (Å²) in [7, 11) is 5.73. The molecule has 96 valence electrons. The molecule has 5 heteroatoms. The molecule has 0 aliphatic heterocycles. The topological polar surface area (TPSA) is 57.5 Å². The van der Waals surface area contributed by atoms with Crippen molar-refractivity contribution in [2.24, 2.45) is 0 Å². The van der Waals surface area contributed by atoms with E-state index in [0.717, 1.165) is 0 Å². The number of Topliss-reactive ketones (excluding diaryl/α,β-unsaturated/α-hetero) is 1. The summed E-state index contributed by atoms with van der Waals surface area (Å²) in [6.45, 7) is 0.361. The number of halogens is 1. The Morgan fingerprint density at radius 3 is 2.12 bits per heavy atom. The second kappa shape index (κ2) is 6.32. The predicted molar refractivity (Wildman–Crippen MR) is 61.3 cm³/mol. The second-order valence-corrected chi connectivity index (χ2v) is 4.90. The Kier molecular flexibility index (Phi) is 6.08. The molecule has 0 saturated heterocycles. The van der Waals surface area contributed by atoms with E-state index in [-0.39, 0.29) is 35.5 Å². The zero-order chi connectivity index (χ0) is 12.3. The van der Waals surface area contributed by atoms with Crippen molar-refractivity contribution in [2.45, 2.75) is 6.10 Å². The molecule has 2 N–H and O–H groups in total. The van der Waals surface area contributed by atoms with E-state index >= 15 is 0 Å². The molecule has 1 rings (SSSR count). The fraction of sp³-hybridized carbons (Fsp3) is 0.417. The van der Waals surface area contributed by atoms with Gasteiger partial charge in [-0.05, 0) is 24.3 Å². The number of nitrogens with zero attached hydrogens (tertiary/aromatic N) is 1. The van der Waals surface area contributed by atoms with E-state index in [2.05, 4.69) is 0 Å². The fourth-order valence-electron chi connectivity index (χ4n) is 1.42. The van der Waals surface area contributed by atoms with E-state index < -0.39 is 6.10 Å². The summed E-state index contributed by atoms with van der Waals surface area (Å²) in [5, 5.41) is 18.8. The minimum atomic E-state index is -1.01. The van der Waals surface area contributed by atoms with Gasteiger partial charge in [0.15, 0.2) is 11.9 Å². The maximum Gasteiger partial charge on any atom is 0.197 e. The molecular weight excluding hydrogens is 333 g/mol. The van der Waals surface area contributed by atoms with Gasteiger partial charge in [-0.1, -0.05) is 0 Å². The van der Waals surface area contributed by atoms with Crippen LogP contribution in [0.2, 0.25) is 0 Å². The number of aromatic hydroxyl groups is 1. The number of carbonyl (C=O) groups excluding carboxylic acids is 1. The van der Waals surface area contributed by atoms with Crippen molar-refractivity contribution >= 4 is 5.78 Å². The standard InChI is InChI=1S/C12H17NO3.HI/c1-13(2,3)8-11(15)12(16)9-4-6-10(14)7-5-9;/h4-7,11,15H,8H2,1-3H3;1H. The van der Waals surface area contributed by atoms with Gasteiger partial charge in [0.05, 0.1) is 21.1 Å². The predicted octanol–water partition coefficient (Wildman–Crippen LogP) is -2.35. The van der Waals surface area contributed by atoms with Crippen molar-refractivity contribution in [3.63, 3.8) is 0 Å². The molecule has 0 aromatic heterocycles. The van der Waals surface area contributed by atoms with Crippen LogP contribution in [0.4, 0.5) is 0 Å². The van der Waals surface area contributed by atoms with Crippen LogP contribution in [0.5, 0.6) is 5.75 Å². The molecule has 0 aliphatic carbocycles. The van der Waals surface area contributed by atoms with Gasteiger partial charge < -0.3 is 38.7 Å². The number of hydrogen-bond donors (Lipinski definition) is 2. The van der Waals surface area contributed by atoms with Crippen LogP contribution in [-0.4, -0.2) is 54.3 Å². The van der Waals surface area contributed by atoms with Crippen LogP contribution in [0.25, 0.3) is 0 Å². The van der Waals surface area contributed by atoms with Gasteiger partial charge in [0.2, 0.25) is 0 Å². The molecule has 4 nitrogen and oxygen atoms in total. The highest BCUT2D eigenvalue weighted by atomic mass is 127. The smallest absolute Gasteiger partial charge is 0.197 e. The first-order chi connectivity index (χ1) is 7.29. The third-order valence-electron chi connectivity index (χ3n) is 2.18. The molecule has 0 radical (unpaired) electrons. The number of phenolic OH excluding ortho intramolecular Hbond substituents is 1. The zero-order valence-corrected chi connectivity index (χ0v) is 12.4. The summed E-state index contributed by atoms with van der Waals surface area (Å²) < 4.78 is 0.519. The highest BCUT2D eigenvalue weighted by molar-refractivity contribution is 5.99. The van der Waals surface area contributed by atoms with Crippen molar-refractivity contribution in [2.75, 3.05) is 27.7 Å². The number of quaternary nitrogens is 1. The fourth-order valence-corrected chi connectivity index (χ4v) is 1.42. The van der Waals surface area contributed by atoms with Crippen LogP contribution in [0.15, 0.2) is 24.3 Å². The monoisotopic (exact) mass is 351 g/mol. The van der Waals surface area contributed by atoms with E-state index in [1.165, 1.54) is 24.3 Å². The first-order valence-corrected chi connectivity index (χ1v) is 5.11. The third-order valence-corrected chi connectivity index (χ3v) is 2.18. The summed E-state index contributed by atoms with van der Waals surface area (Å²) in [6.07, 6.45) is -1.01. The Hall–Kier alpha value is -0.660. The summed E-state index contributed by atoms with van der Waals surface area (Å²) in [4.78, 5) is 11.8. The molecule has 1 aromatic rings. The lowest BCUT2D eigenvalue weighted by molar-refractivity contribution is -0.872. The van der Waals surface area contributed by atoms with Gasteiger partial charge in [-0.15, -0.1) is 0 Å². The lowest BCUT2D eigenvalue weighted by atomic mass is 10.1. The van der Waals surface area contributed by atoms with E-state index in [0.29, 0.717) is 16.6 Å². The van der Waals surface area contributed by atoms with Crippen LogP contribution in [-0.2, 0) is 0 Å². The van der Waals surface area contributed by atoms with Crippen LogP contribution >= 0.6 is 0 Å². The Morgan fingerprint density at radius 2 is 1.71 bits per heavy atom. The number of rotatable bonds is 4. The average Bonchev–Trinajstić information content (AvgIpc) is 2.15. The Labute approximate surface area is 118 Å². The number of ketones is 1. The summed E-state index contributed by atoms with van der Waals surface area (Å²) in [6, 6.07) is 5.89. The van der Waals surface area contributed by atoms with Crippen LogP contribution in [0.3, 0.4) is 0 Å². The number of aliphatic hydroxyl groups excluding tert-OH is 1. The maximum atomic E-state index is 11.8. The SMILES string of the molecule is C[N+](C)(C)CC(O)C(=O)c1ccc(O)cc1.[I-]. The minimum absolute atomic E-state index is 0. The van der Waals surface area contributed by atoms with Crippen molar-refractivity contribution in [3.05, 3.63) is 29.8 Å². The van der Waals surface area contributed by atoms with Crippen molar-refractivity contribution in [1.82, 2.24) is 0 Å². The number of phenols is 1. The third kappa shape index (κ3) is 5.47. The molecule has 17 heavy (non-hydrogen) atoms. The lowest BCUT2D eigenvalue weighted by Gasteiger charge is -2.26. The average molecular weight is 351 g/mol. The molecule has 0 aliphatic rings. The summed E-state index contributed by atoms with van der Waals surface area (Å²) in [5.41, 5.74) is 0.416. The molecule has 1 unspecified atom stereocenters. The zero-order valence-electron chi connectivity index (χ0n) is 10.2. The Balaban J connectivity index is 0.00000256. The van der Waals surface area contributed by atoms with E-state index in [1.54, 1.807) is 0 Å². The molecule has 0 amide bonds. The largest absolute Gasteiger partial charge is 1.00 e. The van der Waals surface area contributed by atoms with E-state index in [4.69, 9.17) is 5.11 Å². The highest BCUT2D eigenvalue weighted by Gasteiger charge is 2.23. The molecular formula is C12H18INO3. The summed E-state index contributed by atoms with van der Waals surface area (Å²) >= 11 is 0. The van der Waals surface area contributed by atoms with Gasteiger partial charge in [-0.2, -0.15) is 0 Å². The Morgan fingerprint density at radius 1 is 1.24 bits per heavy atom. The first-order valence-electron chi connectivity index (χ1n) is 5.11. The van der Waals surface area contributed by atoms with E-state index in [9.17, 15) is 9.90 Å². The van der Waals surface area contributed by atoms with Gasteiger partial charge in [0, 0.05) is 5.56 Å². The van der Waals surface area contributed by atoms with Gasteiger partial charge in [0.25, 0.3) is 0 Å². The normalized spacial score (nSPS) is 12.7. The minimum Gasteiger partial charge on any atom is -1.00 e. The van der Waals surface area contributed by atoms with E-state index in [1.807, 2.05) is 21.1 Å². The van der Waals surface area contributed by atoms with Gasteiger partial charge in [-0.3, -0.25) is 4.79 Å². The highest BCUT2D eigenvalue weighted by Crippen LogP contribution is 2.12. The number of benzene rings is 1. The van der Waals surface area contributed by atoms with Crippen molar-refractivity contribution in [1.29, 1.82) is 0 Å². The summed E-state index contributed by atoms with van der Waals surface area (Å²) in [5.74, 6) is -0.203. The van der Waals surface area contributed by atoms with Crippen molar-refractivity contribution in [3.8, 4) is 5.75 Å². The number of aliphatic hydroxyl groups is 1. The number of likely N-dealkylation sites (N-methyl/N-ethyl adjacent to an activating group) is 1. The molecule has 0 heterocycles. The number of carbonyl (C=O) groups is 1. The Bertz CT molecular complexity index is 370. The van der Waals surface area contributed by atoms with Gasteiger partial charge in [0.1, 0.15) is 12.3 Å². The van der Waals surface area contributed by atoms with Crippen molar-refractivity contribution < 1.29 is 43.5 Å². The molecule has 1 atom stereocenters. The molecule has 0 saturated carbocycles. The number of hydrogen-bond acceptors (Lipinski definition) is 3. The molecule has 1 aromatic carbocycles. The van der Waals surface area contributed by atoms with Gasteiger partial charge >= 0.3 is 0 Å². The molecule has 0 spiro atoms. The molecule has 0 bridgehead atoms. The van der Waals surface area contributed by atoms with Crippen LogP contribution < -0.4 is 24.0 Å². The second-order valence-electron chi connectivity index (χ2n) is 4.90. The van der Waals surface area contributed by atoms with Crippen LogP contribution in [0, 0.1) is 0 Å². The van der Waals surface area contributed by atoms with Crippen LogP contribution in [0.1, 0.15) is 10.4 Å².